The highest BCUT2D eigenvalue weighted by Gasteiger charge is 2.33. The molecular weight excluding hydrogens is 420 g/mol. The van der Waals surface area contributed by atoms with Gasteiger partial charge in [-0.15, -0.1) is 0 Å². The second kappa shape index (κ2) is 9.27. The third kappa shape index (κ3) is 4.85. The molecule has 1 fully saturated rings. The lowest BCUT2D eigenvalue weighted by Crippen LogP contribution is -2.38. The first-order valence-electron chi connectivity index (χ1n) is 10.2. The molecule has 3 rings (SSSR count). The predicted octanol–water partition coefficient (Wildman–Crippen LogP) is 2.58. The number of nitrogens with one attached hydrogen (secondary N) is 1. The molecular formula is C21H30N4O5S. The number of benzene rings is 1. The van der Waals surface area contributed by atoms with Crippen LogP contribution < -0.4 is 14.8 Å². The molecule has 0 spiro atoms. The number of nitrogens with zero attached hydrogens (tertiary/aromatic N) is 3. The van der Waals surface area contributed by atoms with Gasteiger partial charge < -0.3 is 14.8 Å². The van der Waals surface area contributed by atoms with Crippen molar-refractivity contribution in [3.63, 3.8) is 0 Å². The number of piperidine rings is 1. The van der Waals surface area contributed by atoms with Crippen molar-refractivity contribution in [1.29, 1.82) is 0 Å². The summed E-state index contributed by atoms with van der Waals surface area (Å²) < 4.78 is 39.8. The Labute approximate surface area is 183 Å². The van der Waals surface area contributed by atoms with Crippen LogP contribution in [-0.2, 0) is 21.4 Å². The summed E-state index contributed by atoms with van der Waals surface area (Å²) in [5.41, 5.74) is 1.34. The highest BCUT2D eigenvalue weighted by atomic mass is 32.2. The summed E-state index contributed by atoms with van der Waals surface area (Å²) in [5.74, 6) is 1.25. The van der Waals surface area contributed by atoms with Crippen LogP contribution in [0.3, 0.4) is 0 Å². The summed E-state index contributed by atoms with van der Waals surface area (Å²) >= 11 is 0. The fraction of sp³-hybridized carbons (Fsp3) is 0.524. The summed E-state index contributed by atoms with van der Waals surface area (Å²) in [6, 6.07) is 5.07. The Bertz CT molecular complexity index is 1060. The van der Waals surface area contributed by atoms with Crippen LogP contribution in [0.2, 0.25) is 0 Å². The number of anilines is 1. The van der Waals surface area contributed by atoms with Crippen LogP contribution in [0.5, 0.6) is 11.5 Å². The van der Waals surface area contributed by atoms with Crippen LogP contribution in [-0.4, -0.2) is 55.7 Å². The molecule has 2 heterocycles. The molecule has 9 nitrogen and oxygen atoms in total. The van der Waals surface area contributed by atoms with Crippen molar-refractivity contribution >= 4 is 21.6 Å². The van der Waals surface area contributed by atoms with Gasteiger partial charge in [0.2, 0.25) is 15.9 Å². The molecule has 2 aromatic rings. The van der Waals surface area contributed by atoms with Gasteiger partial charge in [0, 0.05) is 19.2 Å². The molecule has 1 aliphatic heterocycles. The van der Waals surface area contributed by atoms with Crippen LogP contribution in [0, 0.1) is 19.8 Å². The van der Waals surface area contributed by atoms with Gasteiger partial charge in [0.15, 0.2) is 0 Å². The van der Waals surface area contributed by atoms with Crippen LogP contribution >= 0.6 is 0 Å². The third-order valence-corrected chi connectivity index (χ3v) is 7.78. The number of methoxy groups -OCH3 is 2. The van der Waals surface area contributed by atoms with Crippen molar-refractivity contribution in [3.05, 3.63) is 29.6 Å². The van der Waals surface area contributed by atoms with Gasteiger partial charge >= 0.3 is 0 Å². The molecule has 1 aromatic carbocycles. The van der Waals surface area contributed by atoms with Crippen molar-refractivity contribution < 1.29 is 22.7 Å². The minimum Gasteiger partial charge on any atom is -0.497 e. The number of aromatic nitrogens is 2. The van der Waals surface area contributed by atoms with Gasteiger partial charge in [0.25, 0.3) is 0 Å². The fourth-order valence-corrected chi connectivity index (χ4v) is 5.63. The number of amides is 1. The normalized spacial score (nSPS) is 15.6. The Morgan fingerprint density at radius 3 is 2.48 bits per heavy atom. The third-order valence-electron chi connectivity index (χ3n) is 5.63. The molecule has 0 bridgehead atoms. The number of ether oxygens (including phenoxy) is 2. The lowest BCUT2D eigenvalue weighted by atomic mass is 10.0. The van der Waals surface area contributed by atoms with E-state index in [0.717, 1.165) is 12.8 Å². The monoisotopic (exact) mass is 450 g/mol. The van der Waals surface area contributed by atoms with Crippen molar-refractivity contribution in [1.82, 2.24) is 14.1 Å². The molecule has 10 heteroatoms. The molecule has 1 aliphatic rings. The molecule has 0 radical (unpaired) electrons. The Balaban J connectivity index is 1.79. The Kier molecular flexibility index (Phi) is 6.90. The second-order valence-corrected chi connectivity index (χ2v) is 9.73. The molecule has 31 heavy (non-hydrogen) atoms. The molecule has 0 aliphatic carbocycles. The summed E-state index contributed by atoms with van der Waals surface area (Å²) in [6.07, 6.45) is 1.69. The second-order valence-electron chi connectivity index (χ2n) is 7.86. The van der Waals surface area contributed by atoms with E-state index in [9.17, 15) is 13.2 Å². The Hall–Kier alpha value is -2.59. The first-order chi connectivity index (χ1) is 14.7. The van der Waals surface area contributed by atoms with E-state index in [4.69, 9.17) is 9.47 Å². The van der Waals surface area contributed by atoms with E-state index in [2.05, 4.69) is 17.3 Å². The quantitative estimate of drug-likeness (QED) is 0.696. The van der Waals surface area contributed by atoms with E-state index >= 15 is 0 Å². The molecule has 1 N–H and O–H groups in total. The van der Waals surface area contributed by atoms with Crippen molar-refractivity contribution in [3.8, 4) is 11.5 Å². The first kappa shape index (κ1) is 23.1. The SMILES string of the molecule is COc1ccc(NC(=O)Cn2nc(C)c(S(=O)(=O)N3CCC(C)CC3)c2C)c(OC)c1. The Morgan fingerprint density at radius 1 is 1.19 bits per heavy atom. The van der Waals surface area contributed by atoms with Gasteiger partial charge in [0.05, 0.1) is 31.3 Å². The first-order valence-corrected chi connectivity index (χ1v) is 11.7. The molecule has 170 valence electrons. The zero-order valence-corrected chi connectivity index (χ0v) is 19.5. The van der Waals surface area contributed by atoms with E-state index in [1.54, 1.807) is 39.2 Å². The number of hydrogen-bond acceptors (Lipinski definition) is 6. The standard InChI is InChI=1S/C21H30N4O5S/c1-14-8-10-24(11-9-14)31(27,28)21-15(2)23-25(16(21)3)13-20(26)22-18-7-6-17(29-4)12-19(18)30-5/h6-7,12,14H,8-11,13H2,1-5H3,(H,22,26). The molecule has 1 saturated heterocycles. The van der Waals surface area contributed by atoms with E-state index in [-0.39, 0.29) is 17.3 Å². The van der Waals surface area contributed by atoms with E-state index in [1.807, 2.05) is 0 Å². The van der Waals surface area contributed by atoms with Gasteiger partial charge in [-0.25, -0.2) is 8.42 Å². The zero-order valence-electron chi connectivity index (χ0n) is 18.6. The van der Waals surface area contributed by atoms with Gasteiger partial charge in [-0.1, -0.05) is 6.92 Å². The Morgan fingerprint density at radius 2 is 1.87 bits per heavy atom. The van der Waals surface area contributed by atoms with Gasteiger partial charge in [-0.2, -0.15) is 9.40 Å². The maximum atomic E-state index is 13.2. The van der Waals surface area contributed by atoms with Gasteiger partial charge in [-0.05, 0) is 44.7 Å². The number of sulfonamides is 1. The van der Waals surface area contributed by atoms with Gasteiger partial charge in [-0.3, -0.25) is 9.48 Å². The largest absolute Gasteiger partial charge is 0.497 e. The summed E-state index contributed by atoms with van der Waals surface area (Å²) in [5, 5.41) is 7.12. The summed E-state index contributed by atoms with van der Waals surface area (Å²) in [6.45, 7) is 6.37. The van der Waals surface area contributed by atoms with E-state index in [0.29, 0.717) is 47.6 Å². The fourth-order valence-electron chi connectivity index (χ4n) is 3.79. The van der Waals surface area contributed by atoms with Gasteiger partial charge in [0.1, 0.15) is 22.9 Å². The van der Waals surface area contributed by atoms with Crippen LogP contribution in [0.25, 0.3) is 0 Å². The topological polar surface area (TPSA) is 103 Å². The highest BCUT2D eigenvalue weighted by molar-refractivity contribution is 7.89. The zero-order chi connectivity index (χ0) is 22.8. The van der Waals surface area contributed by atoms with E-state index in [1.165, 1.54) is 16.1 Å². The maximum absolute atomic E-state index is 13.2. The van der Waals surface area contributed by atoms with Crippen molar-refractivity contribution in [2.45, 2.75) is 45.1 Å². The van der Waals surface area contributed by atoms with Crippen molar-refractivity contribution in [2.24, 2.45) is 5.92 Å². The van der Waals surface area contributed by atoms with Crippen LogP contribution in [0.1, 0.15) is 31.2 Å². The minimum absolute atomic E-state index is 0.117. The maximum Gasteiger partial charge on any atom is 0.246 e. The number of rotatable bonds is 7. The highest BCUT2D eigenvalue weighted by Crippen LogP contribution is 2.30. The lowest BCUT2D eigenvalue weighted by Gasteiger charge is -2.29. The minimum atomic E-state index is -3.65. The summed E-state index contributed by atoms with van der Waals surface area (Å²) in [4.78, 5) is 12.8. The lowest BCUT2D eigenvalue weighted by molar-refractivity contribution is -0.117. The van der Waals surface area contributed by atoms with Crippen molar-refractivity contribution in [2.75, 3.05) is 32.6 Å². The number of aryl methyl sites for hydroxylation is 1. The van der Waals surface area contributed by atoms with Crippen LogP contribution in [0.15, 0.2) is 23.1 Å². The average Bonchev–Trinajstić information content (AvgIpc) is 3.01. The molecule has 1 amide bonds. The van der Waals surface area contributed by atoms with Crippen LogP contribution in [0.4, 0.5) is 5.69 Å². The molecule has 0 atom stereocenters. The average molecular weight is 451 g/mol. The number of hydrogen-bond donors (Lipinski definition) is 1. The number of carbonyl (C=O) groups is 1. The van der Waals surface area contributed by atoms with E-state index < -0.39 is 10.0 Å². The molecule has 0 unspecified atom stereocenters. The predicted molar refractivity (Wildman–Crippen MR) is 117 cm³/mol. The smallest absolute Gasteiger partial charge is 0.246 e. The number of carbonyl (C=O) groups excluding carboxylic acids is 1. The summed E-state index contributed by atoms with van der Waals surface area (Å²) in [7, 11) is -0.603. The molecule has 1 aromatic heterocycles. The molecule has 0 saturated carbocycles.